The highest BCUT2D eigenvalue weighted by atomic mass is 32.2. The Kier molecular flexibility index (Phi) is 4.22. The lowest BCUT2D eigenvalue weighted by atomic mass is 9.97. The molecule has 0 saturated carbocycles. The number of hydrogen-bond donors (Lipinski definition) is 1. The third-order valence-electron chi connectivity index (χ3n) is 4.28. The first-order valence-corrected chi connectivity index (χ1v) is 9.66. The summed E-state index contributed by atoms with van der Waals surface area (Å²) in [6.07, 6.45) is 22.3. The Morgan fingerprint density at radius 3 is 2.50 bits per heavy atom. The van der Waals surface area contributed by atoms with Crippen LogP contribution in [0.2, 0.25) is 0 Å². The summed E-state index contributed by atoms with van der Waals surface area (Å²) >= 11 is 3.76. The van der Waals surface area contributed by atoms with E-state index in [9.17, 15) is 0 Å². The SMILES string of the molecule is C1=CCC(Cc2nc3c(s2)NC(CC2C=CC=CC2)S3)C=C1. The molecular formula is C18H20N2S2. The molecule has 0 saturated heterocycles. The minimum atomic E-state index is 0.487. The molecule has 4 heteroatoms. The van der Waals surface area contributed by atoms with Crippen LogP contribution in [0.1, 0.15) is 24.3 Å². The van der Waals surface area contributed by atoms with Gasteiger partial charge in [0.15, 0.2) is 0 Å². The fraction of sp³-hybridized carbons (Fsp3) is 0.389. The van der Waals surface area contributed by atoms with Crippen molar-refractivity contribution in [3.05, 3.63) is 53.6 Å². The van der Waals surface area contributed by atoms with Crippen LogP contribution in [0.3, 0.4) is 0 Å². The van der Waals surface area contributed by atoms with Gasteiger partial charge in [-0.15, -0.1) is 11.3 Å². The molecule has 3 aliphatic rings. The van der Waals surface area contributed by atoms with E-state index in [2.05, 4.69) is 53.9 Å². The Morgan fingerprint density at radius 1 is 1.05 bits per heavy atom. The van der Waals surface area contributed by atoms with Crippen LogP contribution < -0.4 is 5.32 Å². The smallest absolute Gasteiger partial charge is 0.133 e. The minimum absolute atomic E-state index is 0.487. The monoisotopic (exact) mass is 328 g/mol. The van der Waals surface area contributed by atoms with Crippen molar-refractivity contribution < 1.29 is 0 Å². The Balaban J connectivity index is 1.34. The molecule has 1 N–H and O–H groups in total. The van der Waals surface area contributed by atoms with Crippen molar-refractivity contribution in [3.8, 4) is 0 Å². The van der Waals surface area contributed by atoms with Gasteiger partial charge in [-0.05, 0) is 31.1 Å². The van der Waals surface area contributed by atoms with E-state index >= 15 is 0 Å². The van der Waals surface area contributed by atoms with Crippen LogP contribution >= 0.6 is 23.1 Å². The fourth-order valence-electron chi connectivity index (χ4n) is 3.11. The van der Waals surface area contributed by atoms with Crippen molar-refractivity contribution >= 4 is 28.1 Å². The molecule has 2 nitrogen and oxygen atoms in total. The van der Waals surface area contributed by atoms with Gasteiger partial charge in [-0.1, -0.05) is 60.4 Å². The minimum Gasteiger partial charge on any atom is -0.362 e. The second-order valence-corrected chi connectivity index (χ2v) is 8.33. The van der Waals surface area contributed by atoms with Crippen LogP contribution in [0.5, 0.6) is 0 Å². The first-order chi connectivity index (χ1) is 10.9. The maximum atomic E-state index is 4.86. The quantitative estimate of drug-likeness (QED) is 0.824. The molecule has 2 aliphatic carbocycles. The number of thiazole rings is 1. The van der Waals surface area contributed by atoms with Crippen molar-refractivity contribution in [1.29, 1.82) is 0 Å². The Morgan fingerprint density at radius 2 is 1.82 bits per heavy atom. The zero-order chi connectivity index (χ0) is 14.8. The number of aromatic nitrogens is 1. The molecule has 0 aromatic carbocycles. The number of thioether (sulfide) groups is 1. The molecule has 4 rings (SSSR count). The molecule has 0 spiro atoms. The van der Waals surface area contributed by atoms with Crippen LogP contribution in [-0.2, 0) is 6.42 Å². The zero-order valence-electron chi connectivity index (χ0n) is 12.4. The average Bonchev–Trinajstić information content (AvgIpc) is 3.07. The van der Waals surface area contributed by atoms with E-state index in [0.717, 1.165) is 12.8 Å². The summed E-state index contributed by atoms with van der Waals surface area (Å²) in [5.74, 6) is 1.29. The summed E-state index contributed by atoms with van der Waals surface area (Å²) < 4.78 is 0. The Labute approximate surface area is 140 Å². The zero-order valence-corrected chi connectivity index (χ0v) is 14.1. The first-order valence-electron chi connectivity index (χ1n) is 7.96. The lowest BCUT2D eigenvalue weighted by Gasteiger charge is -2.17. The third-order valence-corrected chi connectivity index (χ3v) is 6.53. The van der Waals surface area contributed by atoms with E-state index < -0.39 is 0 Å². The molecule has 2 heterocycles. The van der Waals surface area contributed by atoms with Gasteiger partial charge in [0.05, 0.1) is 10.4 Å². The molecule has 22 heavy (non-hydrogen) atoms. The van der Waals surface area contributed by atoms with Crippen LogP contribution in [0.25, 0.3) is 0 Å². The highest BCUT2D eigenvalue weighted by Gasteiger charge is 2.27. The molecule has 0 amide bonds. The van der Waals surface area contributed by atoms with E-state index in [1.165, 1.54) is 27.9 Å². The molecule has 114 valence electrons. The van der Waals surface area contributed by atoms with Crippen LogP contribution in [0.4, 0.5) is 5.00 Å². The second-order valence-electron chi connectivity index (χ2n) is 6.05. The van der Waals surface area contributed by atoms with Gasteiger partial charge in [0, 0.05) is 6.42 Å². The van der Waals surface area contributed by atoms with Gasteiger partial charge in [0.25, 0.3) is 0 Å². The topological polar surface area (TPSA) is 24.9 Å². The summed E-state index contributed by atoms with van der Waals surface area (Å²) in [4.78, 5) is 4.86. The van der Waals surface area contributed by atoms with Crippen LogP contribution in [0, 0.1) is 11.8 Å². The number of hydrogen-bond acceptors (Lipinski definition) is 4. The van der Waals surface area contributed by atoms with Crippen molar-refractivity contribution in [1.82, 2.24) is 4.98 Å². The lowest BCUT2D eigenvalue weighted by Crippen LogP contribution is -2.15. The molecule has 3 unspecified atom stereocenters. The predicted octanol–water partition coefficient (Wildman–Crippen LogP) is 5.18. The van der Waals surface area contributed by atoms with Gasteiger partial charge in [0.2, 0.25) is 0 Å². The first kappa shape index (κ1) is 14.3. The van der Waals surface area contributed by atoms with Crippen LogP contribution in [-0.4, -0.2) is 10.4 Å². The number of nitrogens with one attached hydrogen (secondary N) is 1. The van der Waals surface area contributed by atoms with Gasteiger partial charge in [-0.25, -0.2) is 4.98 Å². The van der Waals surface area contributed by atoms with E-state index in [-0.39, 0.29) is 0 Å². The maximum absolute atomic E-state index is 4.86. The van der Waals surface area contributed by atoms with E-state index in [4.69, 9.17) is 4.98 Å². The summed E-state index contributed by atoms with van der Waals surface area (Å²) in [5.41, 5.74) is 0. The van der Waals surface area contributed by atoms with Crippen LogP contribution in [0.15, 0.2) is 53.6 Å². The highest BCUT2D eigenvalue weighted by molar-refractivity contribution is 8.00. The lowest BCUT2D eigenvalue weighted by molar-refractivity contribution is 0.600. The van der Waals surface area contributed by atoms with E-state index in [0.29, 0.717) is 17.2 Å². The molecule has 0 fully saturated rings. The fourth-order valence-corrected chi connectivity index (χ4v) is 5.64. The number of nitrogens with zero attached hydrogens (tertiary/aromatic N) is 1. The molecule has 3 atom stereocenters. The number of fused-ring (bicyclic) bond motifs is 1. The standard InChI is InChI=1S/C18H20N2S2/c1-3-7-13(8-4-1)11-15-19-17-18(21-15)20-16(22-17)12-14-9-5-2-6-10-14/h1-7,9,13-15,19H,8,10-12H2. The van der Waals surface area contributed by atoms with Gasteiger partial charge >= 0.3 is 0 Å². The Hall–Kier alpha value is -1.26. The van der Waals surface area contributed by atoms with Gasteiger partial charge in [-0.3, -0.25) is 0 Å². The van der Waals surface area contributed by atoms with Crippen molar-refractivity contribution in [2.45, 2.75) is 36.1 Å². The summed E-state index contributed by atoms with van der Waals surface area (Å²) in [6, 6.07) is 0. The van der Waals surface area contributed by atoms with Crippen molar-refractivity contribution in [2.75, 3.05) is 5.32 Å². The normalized spacial score (nSPS) is 28.8. The summed E-state index contributed by atoms with van der Waals surface area (Å²) in [7, 11) is 0. The van der Waals surface area contributed by atoms with E-state index in [1.54, 1.807) is 0 Å². The number of allylic oxidation sites excluding steroid dienone is 8. The van der Waals surface area contributed by atoms with Crippen molar-refractivity contribution in [2.24, 2.45) is 11.8 Å². The largest absolute Gasteiger partial charge is 0.362 e. The highest BCUT2D eigenvalue weighted by Crippen LogP contribution is 2.44. The third kappa shape index (κ3) is 3.23. The maximum Gasteiger partial charge on any atom is 0.133 e. The second kappa shape index (κ2) is 6.47. The Bertz CT molecular complexity index is 631. The number of anilines is 1. The average molecular weight is 329 g/mol. The predicted molar refractivity (Wildman–Crippen MR) is 96.5 cm³/mol. The molecule has 1 aromatic heterocycles. The van der Waals surface area contributed by atoms with Gasteiger partial charge in [0.1, 0.15) is 10.0 Å². The molecule has 1 aliphatic heterocycles. The van der Waals surface area contributed by atoms with E-state index in [1.807, 2.05) is 23.1 Å². The number of rotatable bonds is 4. The van der Waals surface area contributed by atoms with Gasteiger partial charge in [-0.2, -0.15) is 0 Å². The van der Waals surface area contributed by atoms with Gasteiger partial charge < -0.3 is 5.32 Å². The van der Waals surface area contributed by atoms with Crippen molar-refractivity contribution in [3.63, 3.8) is 0 Å². The molecular weight excluding hydrogens is 308 g/mol. The molecule has 0 bridgehead atoms. The molecule has 1 aromatic rings. The summed E-state index contributed by atoms with van der Waals surface area (Å²) in [6.45, 7) is 0. The molecule has 0 radical (unpaired) electrons. The summed E-state index contributed by atoms with van der Waals surface area (Å²) in [5, 5.41) is 7.93.